The summed E-state index contributed by atoms with van der Waals surface area (Å²) in [7, 11) is 0. The second kappa shape index (κ2) is 10.3. The summed E-state index contributed by atoms with van der Waals surface area (Å²) in [5.74, 6) is -0.863. The van der Waals surface area contributed by atoms with Gasteiger partial charge < -0.3 is 19.9 Å². The molecule has 29 heavy (non-hydrogen) atoms. The molecule has 160 valence electrons. The minimum Gasteiger partial charge on any atom is -0.450 e. The van der Waals surface area contributed by atoms with Crippen LogP contribution < -0.4 is 20.5 Å². The Bertz CT molecular complexity index is 796. The van der Waals surface area contributed by atoms with Gasteiger partial charge >= 0.3 is 18.8 Å². The lowest BCUT2D eigenvalue weighted by Crippen LogP contribution is -2.19. The van der Waals surface area contributed by atoms with Gasteiger partial charge in [-0.05, 0) is 31.2 Å². The molecule has 3 N–H and O–H groups in total. The smallest absolute Gasteiger partial charge is 0.450 e. The maximum Gasteiger partial charge on any atom is 0.573 e. The number of para-hydroxylation sites is 4. The summed E-state index contributed by atoms with van der Waals surface area (Å²) in [5, 5.41) is 2.15. The zero-order chi connectivity index (χ0) is 22.1. The number of alkyl halides is 6. The monoisotopic (exact) mass is 426 g/mol. The minimum absolute atomic E-state index is 0.0326. The number of carbonyl (C=O) groups excluding carboxylic acids is 1. The van der Waals surface area contributed by atoms with Gasteiger partial charge in [0.05, 0.1) is 18.0 Å². The van der Waals surface area contributed by atoms with Crippen molar-refractivity contribution in [2.45, 2.75) is 19.6 Å². The van der Waals surface area contributed by atoms with Crippen molar-refractivity contribution in [3.63, 3.8) is 0 Å². The van der Waals surface area contributed by atoms with Crippen LogP contribution >= 0.6 is 0 Å². The number of amides is 1. The van der Waals surface area contributed by atoms with E-state index in [0.717, 1.165) is 12.1 Å². The molecule has 0 heterocycles. The summed E-state index contributed by atoms with van der Waals surface area (Å²) >= 11 is 0. The van der Waals surface area contributed by atoms with Crippen LogP contribution in [0.25, 0.3) is 0 Å². The van der Waals surface area contributed by atoms with E-state index in [1.54, 1.807) is 6.92 Å². The third kappa shape index (κ3) is 9.98. The molecule has 0 unspecified atom stereocenters. The molecule has 0 bridgehead atoms. The predicted molar refractivity (Wildman–Crippen MR) is 91.3 cm³/mol. The van der Waals surface area contributed by atoms with Gasteiger partial charge in [-0.3, -0.25) is 5.32 Å². The van der Waals surface area contributed by atoms with Gasteiger partial charge in [0, 0.05) is 0 Å². The third-order valence-electron chi connectivity index (χ3n) is 2.77. The van der Waals surface area contributed by atoms with E-state index in [4.69, 9.17) is 5.73 Å². The van der Waals surface area contributed by atoms with Crippen LogP contribution in [0.4, 0.5) is 42.5 Å². The molecule has 6 nitrogen and oxygen atoms in total. The molecule has 0 atom stereocenters. The molecule has 1 amide bonds. The summed E-state index contributed by atoms with van der Waals surface area (Å²) in [5.41, 5.74) is 5.06. The number of nitrogens with two attached hydrogens (primary N) is 1. The highest BCUT2D eigenvalue weighted by Gasteiger charge is 2.32. The van der Waals surface area contributed by atoms with Crippen LogP contribution in [0.2, 0.25) is 0 Å². The van der Waals surface area contributed by atoms with Crippen molar-refractivity contribution in [2.75, 3.05) is 17.7 Å². The molecular weight excluding hydrogens is 410 g/mol. The van der Waals surface area contributed by atoms with Crippen molar-refractivity contribution in [3.05, 3.63) is 48.5 Å². The maximum atomic E-state index is 12.0. The summed E-state index contributed by atoms with van der Waals surface area (Å²) in [6.45, 7) is 1.70. The Morgan fingerprint density at radius 3 is 1.90 bits per heavy atom. The molecule has 2 aromatic carbocycles. The average Bonchev–Trinajstić information content (AvgIpc) is 2.57. The number of carbonyl (C=O) groups is 1. The van der Waals surface area contributed by atoms with Crippen molar-refractivity contribution in [3.8, 4) is 11.5 Å². The molecule has 2 aromatic rings. The first kappa shape index (κ1) is 23.7. The Balaban J connectivity index is 0.000000308. The Labute approximate surface area is 161 Å². The van der Waals surface area contributed by atoms with Crippen LogP contribution in [0.3, 0.4) is 0 Å². The number of benzene rings is 2. The Kier molecular flexibility index (Phi) is 8.42. The number of nitrogens with one attached hydrogen (secondary N) is 1. The van der Waals surface area contributed by atoms with Gasteiger partial charge in [0.15, 0.2) is 11.5 Å². The molecule has 0 aliphatic heterocycles. The molecular formula is C17H16F6N2O4. The van der Waals surface area contributed by atoms with Gasteiger partial charge in [0.2, 0.25) is 0 Å². The van der Waals surface area contributed by atoms with E-state index in [-0.39, 0.29) is 23.7 Å². The summed E-state index contributed by atoms with van der Waals surface area (Å²) in [6.07, 6.45) is -10.3. The van der Waals surface area contributed by atoms with Crippen molar-refractivity contribution >= 4 is 17.5 Å². The number of hydrogen-bond donors (Lipinski definition) is 2. The standard InChI is InChI=1S/C10H10F3NO3.C7H6F3NO/c1-2-16-9(15)14-7-5-3-4-6-8(7)17-10(11,12)13;8-7(9,10)12-6-4-2-1-3-5(6)11/h3-6H,2H2,1H3,(H,14,15);1-4H,11H2. The fraction of sp³-hybridized carbons (Fsp3) is 0.235. The summed E-state index contributed by atoms with van der Waals surface area (Å²) in [6, 6.07) is 10.6. The van der Waals surface area contributed by atoms with Crippen LogP contribution in [0.15, 0.2) is 48.5 Å². The van der Waals surface area contributed by atoms with E-state index >= 15 is 0 Å². The molecule has 0 radical (unpaired) electrons. The van der Waals surface area contributed by atoms with Gasteiger partial charge in [0.25, 0.3) is 0 Å². The Morgan fingerprint density at radius 2 is 1.38 bits per heavy atom. The molecule has 0 aliphatic rings. The fourth-order valence-electron chi connectivity index (χ4n) is 1.76. The van der Waals surface area contributed by atoms with Crippen LogP contribution in [0, 0.1) is 0 Å². The zero-order valence-corrected chi connectivity index (χ0v) is 14.8. The second-order valence-electron chi connectivity index (χ2n) is 4.98. The second-order valence-corrected chi connectivity index (χ2v) is 4.98. The highest BCUT2D eigenvalue weighted by Crippen LogP contribution is 2.30. The van der Waals surface area contributed by atoms with Crippen LogP contribution in [0.5, 0.6) is 11.5 Å². The number of rotatable bonds is 4. The topological polar surface area (TPSA) is 82.8 Å². The number of anilines is 2. The highest BCUT2D eigenvalue weighted by molar-refractivity contribution is 5.86. The number of halogens is 6. The largest absolute Gasteiger partial charge is 0.573 e. The van der Waals surface area contributed by atoms with Gasteiger partial charge in [-0.2, -0.15) is 0 Å². The SMILES string of the molecule is CCOC(=O)Nc1ccccc1OC(F)(F)F.Nc1ccccc1OC(F)(F)F. The van der Waals surface area contributed by atoms with E-state index < -0.39 is 24.6 Å². The lowest BCUT2D eigenvalue weighted by atomic mass is 10.3. The van der Waals surface area contributed by atoms with Crippen molar-refractivity contribution in [2.24, 2.45) is 0 Å². The van der Waals surface area contributed by atoms with E-state index in [1.807, 2.05) is 0 Å². The van der Waals surface area contributed by atoms with Crippen LogP contribution in [-0.4, -0.2) is 25.4 Å². The molecule has 2 rings (SSSR count). The molecule has 0 saturated carbocycles. The maximum absolute atomic E-state index is 12.0. The molecule has 0 fully saturated rings. The highest BCUT2D eigenvalue weighted by atomic mass is 19.4. The quantitative estimate of drug-likeness (QED) is 0.511. The van der Waals surface area contributed by atoms with E-state index in [1.165, 1.54) is 36.4 Å². The van der Waals surface area contributed by atoms with E-state index in [2.05, 4.69) is 19.5 Å². The number of nitrogen functional groups attached to an aromatic ring is 1. The van der Waals surface area contributed by atoms with Gasteiger partial charge in [0.1, 0.15) is 0 Å². The lowest BCUT2D eigenvalue weighted by molar-refractivity contribution is -0.275. The van der Waals surface area contributed by atoms with Crippen molar-refractivity contribution in [1.29, 1.82) is 0 Å². The first-order valence-corrected chi connectivity index (χ1v) is 7.80. The van der Waals surface area contributed by atoms with Gasteiger partial charge in [-0.1, -0.05) is 24.3 Å². The normalized spacial score (nSPS) is 11.0. The number of ether oxygens (including phenoxy) is 3. The third-order valence-corrected chi connectivity index (χ3v) is 2.77. The van der Waals surface area contributed by atoms with Gasteiger partial charge in [-0.15, -0.1) is 26.3 Å². The lowest BCUT2D eigenvalue weighted by Gasteiger charge is -2.13. The first-order chi connectivity index (χ1) is 13.4. The Hall–Kier alpha value is -3.31. The molecule has 0 aliphatic carbocycles. The minimum atomic E-state index is -4.81. The first-order valence-electron chi connectivity index (χ1n) is 7.80. The molecule has 12 heteroatoms. The summed E-state index contributed by atoms with van der Waals surface area (Å²) in [4.78, 5) is 11.1. The van der Waals surface area contributed by atoms with Crippen molar-refractivity contribution in [1.82, 2.24) is 0 Å². The Morgan fingerprint density at radius 1 is 0.897 bits per heavy atom. The molecule has 0 saturated heterocycles. The van der Waals surface area contributed by atoms with E-state index in [0.29, 0.717) is 0 Å². The molecule has 0 aromatic heterocycles. The summed E-state index contributed by atoms with van der Waals surface area (Å²) < 4.78 is 82.9. The van der Waals surface area contributed by atoms with Crippen molar-refractivity contribution < 1.29 is 45.3 Å². The van der Waals surface area contributed by atoms with E-state index in [9.17, 15) is 31.1 Å². The van der Waals surface area contributed by atoms with Crippen LogP contribution in [-0.2, 0) is 4.74 Å². The predicted octanol–water partition coefficient (Wildman–Crippen LogP) is 5.32. The average molecular weight is 426 g/mol. The zero-order valence-electron chi connectivity index (χ0n) is 14.8. The van der Waals surface area contributed by atoms with Gasteiger partial charge in [-0.25, -0.2) is 4.79 Å². The molecule has 0 spiro atoms. The fourth-order valence-corrected chi connectivity index (χ4v) is 1.76. The number of hydrogen-bond acceptors (Lipinski definition) is 5. The van der Waals surface area contributed by atoms with Crippen LogP contribution in [0.1, 0.15) is 6.92 Å².